The quantitative estimate of drug-likeness (QED) is 0.541. The minimum absolute atomic E-state index is 0.0784. The molecule has 3 aromatic rings. The summed E-state index contributed by atoms with van der Waals surface area (Å²) in [5, 5.41) is 7.08. The molecule has 0 radical (unpaired) electrons. The average Bonchev–Trinajstić information content (AvgIpc) is 3.29. The van der Waals surface area contributed by atoms with Gasteiger partial charge >= 0.3 is 0 Å². The topological polar surface area (TPSA) is 64.2 Å². The van der Waals surface area contributed by atoms with E-state index in [9.17, 15) is 4.79 Å². The van der Waals surface area contributed by atoms with Crippen molar-refractivity contribution in [2.75, 3.05) is 26.1 Å². The number of anilines is 1. The number of methoxy groups -OCH3 is 2. The van der Waals surface area contributed by atoms with E-state index in [-0.39, 0.29) is 11.9 Å². The molecule has 3 rings (SSSR count). The van der Waals surface area contributed by atoms with Crippen molar-refractivity contribution in [3.8, 4) is 11.5 Å². The van der Waals surface area contributed by atoms with Gasteiger partial charge in [-0.05, 0) is 35.1 Å². The Balaban J connectivity index is 1.71. The van der Waals surface area contributed by atoms with Gasteiger partial charge in [0, 0.05) is 11.6 Å². The second kappa shape index (κ2) is 10.3. The van der Waals surface area contributed by atoms with Crippen LogP contribution >= 0.6 is 11.3 Å². The fourth-order valence-electron chi connectivity index (χ4n) is 3.30. The number of carbonyl (C=O) groups excluding carboxylic acids is 1. The third kappa shape index (κ3) is 5.40. The highest BCUT2D eigenvalue weighted by atomic mass is 32.1. The first kappa shape index (κ1) is 21.9. The Morgan fingerprint density at radius 3 is 2.37 bits per heavy atom. The monoisotopic (exact) mass is 425 g/mol. The number of hydrogen-bond donors (Lipinski definition) is 2. The van der Waals surface area contributed by atoms with Crippen molar-refractivity contribution < 1.29 is 19.6 Å². The number of amides is 1. The van der Waals surface area contributed by atoms with Crippen molar-refractivity contribution in [1.29, 1.82) is 0 Å². The Labute approximate surface area is 182 Å². The molecule has 0 bridgehead atoms. The third-order valence-electron chi connectivity index (χ3n) is 5.03. The number of nitrogens with one attached hydrogen (secondary N) is 1. The van der Waals surface area contributed by atoms with Gasteiger partial charge in [0.25, 0.3) is 5.91 Å². The predicted octanol–water partition coefficient (Wildman–Crippen LogP) is 4.18. The lowest BCUT2D eigenvalue weighted by atomic mass is 9.98. The molecule has 0 fully saturated rings. The number of nitrogens with two attached hydrogens (primary N) is 1. The van der Waals surface area contributed by atoms with Crippen LogP contribution in [0.4, 0.5) is 5.69 Å². The zero-order valence-electron chi connectivity index (χ0n) is 17.8. The van der Waals surface area contributed by atoms with Crippen LogP contribution in [0.1, 0.15) is 41.8 Å². The molecule has 0 saturated carbocycles. The second-order valence-corrected chi connectivity index (χ2v) is 8.35. The molecule has 2 aromatic carbocycles. The zero-order chi connectivity index (χ0) is 21.5. The van der Waals surface area contributed by atoms with Gasteiger partial charge in [-0.1, -0.05) is 44.2 Å². The summed E-state index contributed by atoms with van der Waals surface area (Å²) in [4.78, 5) is 13.9. The van der Waals surface area contributed by atoms with Crippen LogP contribution in [0.2, 0.25) is 0 Å². The maximum Gasteiger partial charge on any atom is 0.279 e. The summed E-state index contributed by atoms with van der Waals surface area (Å²) in [6.45, 7) is 4.68. The SMILES string of the molecule is COc1ccc(NC(=O)C[NH2+][C@@H](c2ccc(C(C)C)cc2)c2cccs2)c(OC)c1. The summed E-state index contributed by atoms with van der Waals surface area (Å²) in [6, 6.07) is 18.3. The highest BCUT2D eigenvalue weighted by Gasteiger charge is 2.21. The van der Waals surface area contributed by atoms with E-state index in [1.807, 2.05) is 6.07 Å². The van der Waals surface area contributed by atoms with Crippen LogP contribution in [-0.4, -0.2) is 26.7 Å². The lowest BCUT2D eigenvalue weighted by molar-refractivity contribution is -0.675. The Morgan fingerprint density at radius 2 is 1.77 bits per heavy atom. The molecule has 158 valence electrons. The van der Waals surface area contributed by atoms with Crippen LogP contribution in [0, 0.1) is 0 Å². The van der Waals surface area contributed by atoms with E-state index in [0.717, 1.165) is 0 Å². The van der Waals surface area contributed by atoms with Crippen LogP contribution in [0.3, 0.4) is 0 Å². The Kier molecular flexibility index (Phi) is 7.49. The fourth-order valence-corrected chi connectivity index (χ4v) is 4.15. The smallest absolute Gasteiger partial charge is 0.279 e. The molecule has 1 amide bonds. The van der Waals surface area contributed by atoms with Crippen molar-refractivity contribution in [1.82, 2.24) is 0 Å². The predicted molar refractivity (Wildman–Crippen MR) is 122 cm³/mol. The summed E-state index contributed by atoms with van der Waals surface area (Å²) in [5.74, 6) is 1.66. The minimum Gasteiger partial charge on any atom is -0.497 e. The van der Waals surface area contributed by atoms with Crippen molar-refractivity contribution in [3.05, 3.63) is 76.0 Å². The normalized spacial score (nSPS) is 11.9. The Hall–Kier alpha value is -2.83. The number of carbonyl (C=O) groups is 1. The zero-order valence-corrected chi connectivity index (χ0v) is 18.7. The van der Waals surface area contributed by atoms with E-state index < -0.39 is 0 Å². The molecule has 1 heterocycles. The van der Waals surface area contributed by atoms with E-state index in [0.29, 0.717) is 29.6 Å². The number of benzene rings is 2. The first-order valence-electron chi connectivity index (χ1n) is 10.00. The summed E-state index contributed by atoms with van der Waals surface area (Å²) >= 11 is 1.71. The molecule has 0 aliphatic rings. The van der Waals surface area contributed by atoms with Gasteiger partial charge < -0.3 is 20.1 Å². The van der Waals surface area contributed by atoms with E-state index in [4.69, 9.17) is 9.47 Å². The maximum atomic E-state index is 12.7. The van der Waals surface area contributed by atoms with E-state index in [2.05, 4.69) is 60.2 Å². The van der Waals surface area contributed by atoms with Crippen LogP contribution < -0.4 is 20.1 Å². The summed E-state index contributed by atoms with van der Waals surface area (Å²) in [7, 11) is 3.17. The Morgan fingerprint density at radius 1 is 1.03 bits per heavy atom. The molecule has 0 aliphatic carbocycles. The minimum atomic E-state index is -0.0844. The number of rotatable bonds is 9. The van der Waals surface area contributed by atoms with Gasteiger partial charge in [-0.15, -0.1) is 11.3 Å². The molecule has 3 N–H and O–H groups in total. The van der Waals surface area contributed by atoms with E-state index in [1.54, 1.807) is 43.8 Å². The molecule has 0 saturated heterocycles. The molecule has 0 spiro atoms. The molecule has 5 nitrogen and oxygen atoms in total. The van der Waals surface area contributed by atoms with Crippen molar-refractivity contribution in [2.24, 2.45) is 0 Å². The van der Waals surface area contributed by atoms with Crippen LogP contribution in [-0.2, 0) is 4.79 Å². The molecule has 0 unspecified atom stereocenters. The van der Waals surface area contributed by atoms with E-state index >= 15 is 0 Å². The molecular weight excluding hydrogens is 396 g/mol. The first-order valence-corrected chi connectivity index (χ1v) is 10.9. The molecule has 1 atom stereocenters. The maximum absolute atomic E-state index is 12.7. The van der Waals surface area contributed by atoms with Crippen molar-refractivity contribution in [2.45, 2.75) is 25.8 Å². The van der Waals surface area contributed by atoms with Gasteiger partial charge in [0.1, 0.15) is 17.5 Å². The number of hydrogen-bond acceptors (Lipinski definition) is 4. The van der Waals surface area contributed by atoms with E-state index in [1.165, 1.54) is 16.0 Å². The van der Waals surface area contributed by atoms with Gasteiger partial charge in [-0.2, -0.15) is 0 Å². The first-order chi connectivity index (χ1) is 14.5. The lowest BCUT2D eigenvalue weighted by Gasteiger charge is -2.16. The standard InChI is InChI=1S/C24H28N2O3S/c1-16(2)17-7-9-18(10-8-17)24(22-6-5-13-30-22)25-15-23(27)26-20-12-11-19(28-3)14-21(20)29-4/h5-14,16,24-25H,15H2,1-4H3,(H,26,27)/p+1/t24-/m0/s1. The third-order valence-corrected chi connectivity index (χ3v) is 5.99. The lowest BCUT2D eigenvalue weighted by Crippen LogP contribution is -2.87. The van der Waals surface area contributed by atoms with Gasteiger partial charge in [0.2, 0.25) is 0 Å². The number of ether oxygens (including phenoxy) is 2. The van der Waals surface area contributed by atoms with Crippen molar-refractivity contribution in [3.63, 3.8) is 0 Å². The summed E-state index contributed by atoms with van der Waals surface area (Å²) in [5.41, 5.74) is 3.13. The van der Waals surface area contributed by atoms with Gasteiger partial charge in [0.15, 0.2) is 6.54 Å². The average molecular weight is 426 g/mol. The van der Waals surface area contributed by atoms with Crippen LogP contribution in [0.25, 0.3) is 0 Å². The molecule has 1 aromatic heterocycles. The number of thiophene rings is 1. The second-order valence-electron chi connectivity index (χ2n) is 7.37. The van der Waals surface area contributed by atoms with Crippen molar-refractivity contribution >= 4 is 22.9 Å². The van der Waals surface area contributed by atoms with Gasteiger partial charge in [0.05, 0.1) is 24.8 Å². The largest absolute Gasteiger partial charge is 0.497 e. The van der Waals surface area contributed by atoms with Crippen LogP contribution in [0.15, 0.2) is 60.0 Å². The Bertz CT molecular complexity index is 953. The highest BCUT2D eigenvalue weighted by Crippen LogP contribution is 2.29. The highest BCUT2D eigenvalue weighted by molar-refractivity contribution is 7.10. The van der Waals surface area contributed by atoms with Crippen LogP contribution in [0.5, 0.6) is 11.5 Å². The van der Waals surface area contributed by atoms with Gasteiger partial charge in [-0.25, -0.2) is 0 Å². The van der Waals surface area contributed by atoms with Gasteiger partial charge in [-0.3, -0.25) is 4.79 Å². The molecule has 0 aliphatic heterocycles. The number of quaternary nitrogens is 1. The molecule has 6 heteroatoms. The molecule has 30 heavy (non-hydrogen) atoms. The summed E-state index contributed by atoms with van der Waals surface area (Å²) < 4.78 is 10.6. The summed E-state index contributed by atoms with van der Waals surface area (Å²) in [6.07, 6.45) is 0. The molecular formula is C24H29N2O3S+. The fraction of sp³-hybridized carbons (Fsp3) is 0.292.